The standard InChI is InChI=1S/C30H33FN4O2/c1-20(32)15-30(29(33)14-21-2-8-26(31)9-3-21)27-10-4-22(16-34-18-36)12-24(27)6-7-25-13-23(17-35-19-37)5-11-28(25)30/h2-5,8-13,18-20,33H,6-7,14-17,32H2,1H3,(H,34,36)(H,35,37)/t20-/m1/s1. The molecule has 0 saturated carbocycles. The summed E-state index contributed by atoms with van der Waals surface area (Å²) in [6, 6.07) is 18.5. The van der Waals surface area contributed by atoms with Gasteiger partial charge in [0, 0.05) is 31.3 Å². The molecule has 1 aliphatic rings. The maximum atomic E-state index is 13.6. The quantitative estimate of drug-likeness (QED) is 0.238. The Morgan fingerprint density at radius 3 is 1.86 bits per heavy atom. The van der Waals surface area contributed by atoms with E-state index in [-0.39, 0.29) is 11.9 Å². The second-order valence-electron chi connectivity index (χ2n) is 9.85. The number of nitrogens with one attached hydrogen (secondary N) is 3. The molecule has 0 bridgehead atoms. The van der Waals surface area contributed by atoms with Crippen LogP contribution >= 0.6 is 0 Å². The molecule has 0 aromatic heterocycles. The van der Waals surface area contributed by atoms with E-state index in [1.807, 2.05) is 19.1 Å². The lowest BCUT2D eigenvalue weighted by molar-refractivity contribution is -0.110. The van der Waals surface area contributed by atoms with E-state index in [0.29, 0.717) is 44.5 Å². The predicted octanol–water partition coefficient (Wildman–Crippen LogP) is 3.70. The van der Waals surface area contributed by atoms with Crippen LogP contribution < -0.4 is 16.4 Å². The third kappa shape index (κ3) is 5.62. The van der Waals surface area contributed by atoms with E-state index in [1.54, 1.807) is 12.1 Å². The number of fused-ring (bicyclic) bond motifs is 2. The number of hydrogen-bond acceptors (Lipinski definition) is 4. The summed E-state index contributed by atoms with van der Waals surface area (Å²) in [5.74, 6) is -0.307. The Morgan fingerprint density at radius 1 is 0.919 bits per heavy atom. The van der Waals surface area contributed by atoms with Gasteiger partial charge < -0.3 is 21.8 Å². The lowest BCUT2D eigenvalue weighted by Gasteiger charge is -2.39. The Morgan fingerprint density at radius 2 is 1.41 bits per heavy atom. The highest BCUT2D eigenvalue weighted by Gasteiger charge is 2.43. The zero-order chi connectivity index (χ0) is 26.4. The van der Waals surface area contributed by atoms with Gasteiger partial charge in [-0.15, -0.1) is 0 Å². The molecule has 1 atom stereocenters. The van der Waals surface area contributed by atoms with E-state index < -0.39 is 5.41 Å². The van der Waals surface area contributed by atoms with E-state index in [2.05, 4.69) is 34.9 Å². The van der Waals surface area contributed by atoms with Crippen LogP contribution in [0.2, 0.25) is 0 Å². The fraction of sp³-hybridized carbons (Fsp3) is 0.300. The molecule has 192 valence electrons. The number of carbonyl (C=O) groups excluding carboxylic acids is 2. The van der Waals surface area contributed by atoms with E-state index in [9.17, 15) is 19.4 Å². The normalized spacial score (nSPS) is 14.5. The zero-order valence-electron chi connectivity index (χ0n) is 21.0. The molecular formula is C30H33FN4O2. The number of aryl methyl sites for hydroxylation is 2. The summed E-state index contributed by atoms with van der Waals surface area (Å²) in [5, 5.41) is 15.0. The third-order valence-electron chi connectivity index (χ3n) is 7.14. The van der Waals surface area contributed by atoms with Crippen LogP contribution in [0, 0.1) is 11.2 Å². The van der Waals surface area contributed by atoms with Crippen LogP contribution in [0.15, 0.2) is 60.7 Å². The summed E-state index contributed by atoms with van der Waals surface area (Å²) in [6.45, 7) is 2.82. The first-order chi connectivity index (χ1) is 17.9. The number of amides is 2. The third-order valence-corrected chi connectivity index (χ3v) is 7.14. The minimum absolute atomic E-state index is 0.194. The Hall–Kier alpha value is -3.84. The van der Waals surface area contributed by atoms with Crippen molar-refractivity contribution in [1.29, 1.82) is 5.41 Å². The molecule has 5 N–H and O–H groups in total. The smallest absolute Gasteiger partial charge is 0.207 e. The van der Waals surface area contributed by atoms with Crippen molar-refractivity contribution in [2.75, 3.05) is 0 Å². The molecule has 0 saturated heterocycles. The molecule has 0 unspecified atom stereocenters. The number of carbonyl (C=O) groups is 2. The summed E-state index contributed by atoms with van der Waals surface area (Å²) in [7, 11) is 0. The maximum Gasteiger partial charge on any atom is 0.207 e. The summed E-state index contributed by atoms with van der Waals surface area (Å²) < 4.78 is 13.6. The molecule has 3 aromatic rings. The fourth-order valence-corrected chi connectivity index (χ4v) is 5.60. The molecule has 6 nitrogen and oxygen atoms in total. The summed E-state index contributed by atoms with van der Waals surface area (Å²) in [4.78, 5) is 21.8. The first-order valence-electron chi connectivity index (χ1n) is 12.5. The van der Waals surface area contributed by atoms with Crippen molar-refractivity contribution in [1.82, 2.24) is 10.6 Å². The van der Waals surface area contributed by atoms with Crippen molar-refractivity contribution >= 4 is 18.5 Å². The van der Waals surface area contributed by atoms with Gasteiger partial charge in [0.2, 0.25) is 12.8 Å². The second-order valence-corrected chi connectivity index (χ2v) is 9.85. The van der Waals surface area contributed by atoms with Gasteiger partial charge in [-0.3, -0.25) is 9.59 Å². The molecule has 0 aliphatic heterocycles. The van der Waals surface area contributed by atoms with Gasteiger partial charge in [0.15, 0.2) is 0 Å². The SMILES string of the molecule is C[C@@H](N)CC1(C(=N)Cc2ccc(F)cc2)c2ccc(CNC=O)cc2CCc2cc(CNC=O)ccc21. The van der Waals surface area contributed by atoms with Gasteiger partial charge in [0.05, 0.1) is 5.41 Å². The van der Waals surface area contributed by atoms with Crippen LogP contribution in [0.3, 0.4) is 0 Å². The Kier molecular flexibility index (Phi) is 8.14. The Balaban J connectivity index is 1.90. The number of rotatable bonds is 11. The molecule has 37 heavy (non-hydrogen) atoms. The topological polar surface area (TPSA) is 108 Å². The van der Waals surface area contributed by atoms with Gasteiger partial charge in [0.1, 0.15) is 5.82 Å². The minimum Gasteiger partial charge on any atom is -0.355 e. The van der Waals surface area contributed by atoms with Crippen LogP contribution in [0.4, 0.5) is 4.39 Å². The number of halogens is 1. The number of hydrogen-bond donors (Lipinski definition) is 4. The van der Waals surface area contributed by atoms with Crippen molar-refractivity contribution in [3.05, 3.63) is 105 Å². The fourth-order valence-electron chi connectivity index (χ4n) is 5.60. The highest BCUT2D eigenvalue weighted by molar-refractivity contribution is 5.98. The zero-order valence-corrected chi connectivity index (χ0v) is 21.0. The lowest BCUT2D eigenvalue weighted by Crippen LogP contribution is -2.43. The van der Waals surface area contributed by atoms with E-state index in [0.717, 1.165) is 51.8 Å². The van der Waals surface area contributed by atoms with Crippen LogP contribution in [0.1, 0.15) is 52.3 Å². The molecule has 3 aromatic carbocycles. The molecule has 0 fully saturated rings. The largest absolute Gasteiger partial charge is 0.355 e. The van der Waals surface area contributed by atoms with Gasteiger partial charge in [0.25, 0.3) is 0 Å². The number of nitrogens with two attached hydrogens (primary N) is 1. The van der Waals surface area contributed by atoms with Crippen molar-refractivity contribution in [2.24, 2.45) is 5.73 Å². The molecule has 2 amide bonds. The van der Waals surface area contributed by atoms with E-state index >= 15 is 0 Å². The summed E-state index contributed by atoms with van der Waals surface area (Å²) >= 11 is 0. The van der Waals surface area contributed by atoms with Gasteiger partial charge in [-0.05, 0) is 77.3 Å². The van der Waals surface area contributed by atoms with Crippen LogP contribution in [0.25, 0.3) is 0 Å². The van der Waals surface area contributed by atoms with Gasteiger partial charge in [-0.25, -0.2) is 4.39 Å². The summed E-state index contributed by atoms with van der Waals surface area (Å²) in [6.07, 6.45) is 3.81. The second kappa shape index (κ2) is 11.5. The van der Waals surface area contributed by atoms with Crippen LogP contribution in [0.5, 0.6) is 0 Å². The van der Waals surface area contributed by atoms with Crippen molar-refractivity contribution in [3.63, 3.8) is 0 Å². The van der Waals surface area contributed by atoms with Gasteiger partial charge in [-0.1, -0.05) is 48.5 Å². The Bertz CT molecular complexity index is 1220. The van der Waals surface area contributed by atoms with Crippen LogP contribution in [-0.4, -0.2) is 24.6 Å². The van der Waals surface area contributed by atoms with Crippen molar-refractivity contribution in [3.8, 4) is 0 Å². The highest BCUT2D eigenvalue weighted by atomic mass is 19.1. The molecule has 0 radical (unpaired) electrons. The molecule has 7 heteroatoms. The number of benzene rings is 3. The molecule has 0 spiro atoms. The first kappa shape index (κ1) is 26.2. The molecule has 4 rings (SSSR count). The van der Waals surface area contributed by atoms with Crippen molar-refractivity contribution in [2.45, 2.75) is 57.2 Å². The van der Waals surface area contributed by atoms with Crippen molar-refractivity contribution < 1.29 is 14.0 Å². The first-order valence-corrected chi connectivity index (χ1v) is 12.5. The predicted molar refractivity (Wildman–Crippen MR) is 143 cm³/mol. The molecular weight excluding hydrogens is 467 g/mol. The van der Waals surface area contributed by atoms with E-state index in [1.165, 1.54) is 12.1 Å². The van der Waals surface area contributed by atoms with Gasteiger partial charge in [-0.2, -0.15) is 0 Å². The monoisotopic (exact) mass is 500 g/mol. The summed E-state index contributed by atoms with van der Waals surface area (Å²) in [5.41, 5.74) is 13.4. The average Bonchev–Trinajstić information content (AvgIpc) is 3.02. The Labute approximate surface area is 217 Å². The van der Waals surface area contributed by atoms with Gasteiger partial charge >= 0.3 is 0 Å². The minimum atomic E-state index is -0.781. The highest BCUT2D eigenvalue weighted by Crippen LogP contribution is 2.45. The average molecular weight is 501 g/mol. The maximum absolute atomic E-state index is 13.6. The van der Waals surface area contributed by atoms with Crippen LogP contribution in [-0.2, 0) is 47.4 Å². The molecule has 0 heterocycles. The van der Waals surface area contributed by atoms with E-state index in [4.69, 9.17) is 5.73 Å². The lowest BCUT2D eigenvalue weighted by atomic mass is 9.64. The molecule has 1 aliphatic carbocycles.